The zero-order valence-electron chi connectivity index (χ0n) is 17.2. The summed E-state index contributed by atoms with van der Waals surface area (Å²) in [4.78, 5) is 29.5. The third-order valence-corrected chi connectivity index (χ3v) is 4.26. The van der Waals surface area contributed by atoms with Gasteiger partial charge in [0.25, 0.3) is 0 Å². The van der Waals surface area contributed by atoms with E-state index in [9.17, 15) is 9.18 Å². The van der Waals surface area contributed by atoms with Gasteiger partial charge in [-0.2, -0.15) is 0 Å². The van der Waals surface area contributed by atoms with E-state index in [4.69, 9.17) is 9.47 Å². The largest absolute Gasteiger partial charge is 0.480 e. The number of ether oxygens (including phenoxy) is 2. The summed E-state index contributed by atoms with van der Waals surface area (Å²) in [6.07, 6.45) is 1.93. The van der Waals surface area contributed by atoms with Gasteiger partial charge in [0.05, 0.1) is 20.8 Å². The average molecular weight is 417 g/mol. The number of pyridine rings is 1. The van der Waals surface area contributed by atoms with E-state index in [2.05, 4.69) is 30.6 Å². The maximum Gasteiger partial charge on any atom is 0.320 e. The molecule has 3 N–H and O–H groups in total. The summed E-state index contributed by atoms with van der Waals surface area (Å²) in [5, 5.41) is 5.86. The van der Waals surface area contributed by atoms with Crippen LogP contribution in [-0.2, 0) is 0 Å². The predicted molar refractivity (Wildman–Crippen MR) is 111 cm³/mol. The van der Waals surface area contributed by atoms with Crippen molar-refractivity contribution in [3.05, 3.63) is 24.7 Å². The van der Waals surface area contributed by atoms with Gasteiger partial charge < -0.3 is 24.7 Å². The van der Waals surface area contributed by atoms with E-state index < -0.39 is 12.2 Å². The Balaban J connectivity index is 1.78. The summed E-state index contributed by atoms with van der Waals surface area (Å²) < 4.78 is 24.4. The number of alkyl halides is 1. The van der Waals surface area contributed by atoms with Crippen LogP contribution in [-0.4, -0.2) is 78.4 Å². The first-order chi connectivity index (χ1) is 14.4. The van der Waals surface area contributed by atoms with Crippen molar-refractivity contribution in [1.82, 2.24) is 30.2 Å². The summed E-state index contributed by atoms with van der Waals surface area (Å²) in [7, 11) is 6.56. The van der Waals surface area contributed by atoms with Crippen LogP contribution in [0.1, 0.15) is 0 Å². The molecule has 11 heteroatoms. The van der Waals surface area contributed by atoms with Crippen LogP contribution in [0.2, 0.25) is 0 Å². The molecule has 160 valence electrons. The molecular formula is C19H24FN7O3. The average Bonchev–Trinajstić information content (AvgIpc) is 3.13. The third-order valence-electron chi connectivity index (χ3n) is 4.26. The minimum absolute atomic E-state index is 0.0908. The second kappa shape index (κ2) is 9.35. The highest BCUT2D eigenvalue weighted by Gasteiger charge is 2.19. The lowest BCUT2D eigenvalue weighted by atomic mass is 10.1. The molecule has 0 aliphatic carbocycles. The lowest BCUT2D eigenvalue weighted by Crippen LogP contribution is -2.37. The first-order valence-electron chi connectivity index (χ1n) is 9.18. The van der Waals surface area contributed by atoms with Gasteiger partial charge in [0.2, 0.25) is 11.8 Å². The Hall–Kier alpha value is -3.47. The Kier molecular flexibility index (Phi) is 6.62. The summed E-state index contributed by atoms with van der Waals surface area (Å²) in [6.45, 7) is 0.137. The van der Waals surface area contributed by atoms with Gasteiger partial charge in [-0.3, -0.25) is 5.32 Å². The molecule has 3 aromatic rings. The molecule has 2 amide bonds. The molecule has 3 rings (SSSR count). The quantitative estimate of drug-likeness (QED) is 0.513. The number of fused-ring (bicyclic) bond motifs is 1. The number of hydrogen-bond acceptors (Lipinski definition) is 7. The molecule has 3 heterocycles. The van der Waals surface area contributed by atoms with Crippen molar-refractivity contribution in [2.45, 2.75) is 6.17 Å². The number of hydrogen-bond donors (Lipinski definition) is 3. The Labute approximate surface area is 172 Å². The van der Waals surface area contributed by atoms with E-state index in [-0.39, 0.29) is 13.1 Å². The summed E-state index contributed by atoms with van der Waals surface area (Å²) in [5.41, 5.74) is 1.86. The van der Waals surface area contributed by atoms with E-state index in [1.165, 1.54) is 20.5 Å². The van der Waals surface area contributed by atoms with E-state index >= 15 is 0 Å². The first kappa shape index (κ1) is 21.2. The number of halogens is 1. The van der Waals surface area contributed by atoms with Gasteiger partial charge in [-0.1, -0.05) is 0 Å². The van der Waals surface area contributed by atoms with Gasteiger partial charge in [-0.15, -0.1) is 0 Å². The Morgan fingerprint density at radius 2 is 1.93 bits per heavy atom. The van der Waals surface area contributed by atoms with Crippen LogP contribution in [0.3, 0.4) is 0 Å². The number of aromatic nitrogens is 4. The van der Waals surface area contributed by atoms with Crippen LogP contribution in [0.5, 0.6) is 11.8 Å². The number of amides is 2. The highest BCUT2D eigenvalue weighted by molar-refractivity contribution is 5.98. The zero-order chi connectivity index (χ0) is 21.7. The molecule has 0 saturated carbocycles. The Morgan fingerprint density at radius 3 is 2.57 bits per heavy atom. The monoisotopic (exact) mass is 417 g/mol. The topological polar surface area (TPSA) is 117 Å². The Bertz CT molecular complexity index is 1000. The molecule has 30 heavy (non-hydrogen) atoms. The molecule has 0 aliphatic rings. The molecule has 3 aromatic heterocycles. The SMILES string of the molecule is COc1ncnc(OC)c1-c1c[nH]c2nc(NC(=O)NC[C@H](F)CN(C)C)ccc12. The lowest BCUT2D eigenvalue weighted by molar-refractivity contribution is 0.228. The number of carbonyl (C=O) groups is 1. The molecule has 1 atom stereocenters. The predicted octanol–water partition coefficient (Wildman–Crippen LogP) is 2.06. The van der Waals surface area contributed by atoms with E-state index in [1.807, 2.05) is 0 Å². The van der Waals surface area contributed by atoms with Gasteiger partial charge in [-0.25, -0.2) is 24.1 Å². The molecule has 0 saturated heterocycles. The van der Waals surface area contributed by atoms with Crippen molar-refractivity contribution in [3.8, 4) is 22.9 Å². The maximum atomic E-state index is 13.7. The van der Waals surface area contributed by atoms with Crippen LogP contribution in [0.4, 0.5) is 15.0 Å². The number of nitrogens with one attached hydrogen (secondary N) is 3. The second-order valence-corrected chi connectivity index (χ2v) is 6.76. The van der Waals surface area contributed by atoms with Crippen molar-refractivity contribution in [2.24, 2.45) is 0 Å². The number of nitrogens with zero attached hydrogens (tertiary/aromatic N) is 4. The first-order valence-corrected chi connectivity index (χ1v) is 9.18. The molecule has 0 unspecified atom stereocenters. The van der Waals surface area contributed by atoms with Crippen molar-refractivity contribution in [2.75, 3.05) is 46.7 Å². The molecular weight excluding hydrogens is 393 g/mol. The van der Waals surface area contributed by atoms with Crippen LogP contribution >= 0.6 is 0 Å². The van der Waals surface area contributed by atoms with Crippen LogP contribution in [0.25, 0.3) is 22.2 Å². The fraction of sp³-hybridized carbons (Fsp3) is 0.368. The van der Waals surface area contributed by atoms with E-state index in [1.54, 1.807) is 37.3 Å². The van der Waals surface area contributed by atoms with Crippen molar-refractivity contribution < 1.29 is 18.7 Å². The fourth-order valence-electron chi connectivity index (χ4n) is 3.00. The van der Waals surface area contributed by atoms with Gasteiger partial charge in [-0.05, 0) is 26.2 Å². The number of urea groups is 1. The lowest BCUT2D eigenvalue weighted by Gasteiger charge is -2.14. The van der Waals surface area contributed by atoms with Gasteiger partial charge in [0, 0.05) is 23.7 Å². The normalized spacial score (nSPS) is 12.1. The van der Waals surface area contributed by atoms with Crippen LogP contribution in [0.15, 0.2) is 24.7 Å². The zero-order valence-corrected chi connectivity index (χ0v) is 17.2. The maximum absolute atomic E-state index is 13.7. The summed E-state index contributed by atoms with van der Waals surface area (Å²) in [6, 6.07) is 2.91. The van der Waals surface area contributed by atoms with Crippen molar-refractivity contribution >= 4 is 22.9 Å². The van der Waals surface area contributed by atoms with Crippen molar-refractivity contribution in [1.29, 1.82) is 0 Å². The third kappa shape index (κ3) is 4.74. The summed E-state index contributed by atoms with van der Waals surface area (Å²) in [5.74, 6) is 1.05. The molecule has 0 radical (unpaired) electrons. The minimum atomic E-state index is -1.16. The number of H-pyrrole nitrogens is 1. The summed E-state index contributed by atoms with van der Waals surface area (Å²) >= 11 is 0. The number of carbonyl (C=O) groups excluding carboxylic acids is 1. The highest BCUT2D eigenvalue weighted by Crippen LogP contribution is 2.38. The minimum Gasteiger partial charge on any atom is -0.480 e. The van der Waals surface area contributed by atoms with Gasteiger partial charge >= 0.3 is 6.03 Å². The van der Waals surface area contributed by atoms with Crippen LogP contribution < -0.4 is 20.1 Å². The highest BCUT2D eigenvalue weighted by atomic mass is 19.1. The van der Waals surface area contributed by atoms with E-state index in [0.29, 0.717) is 28.8 Å². The molecule has 0 aliphatic heterocycles. The van der Waals surface area contributed by atoms with E-state index in [0.717, 1.165) is 10.9 Å². The van der Waals surface area contributed by atoms with Gasteiger partial charge in [0.15, 0.2) is 0 Å². The standard InChI is InChI=1S/C19H24FN7O3/c1-27(2)9-11(20)7-22-19(28)26-14-6-5-12-13(8-21-16(12)25-14)15-17(29-3)23-10-24-18(15)30-4/h5-6,8,10-11H,7,9H2,1-4H3,(H3,21,22,25,26,28)/t11-/m0/s1. The molecule has 0 aromatic carbocycles. The fourth-order valence-corrected chi connectivity index (χ4v) is 3.00. The van der Waals surface area contributed by atoms with Crippen LogP contribution in [0, 0.1) is 0 Å². The number of rotatable bonds is 8. The number of anilines is 1. The molecule has 0 fully saturated rings. The number of aromatic amines is 1. The Morgan fingerprint density at radius 1 is 1.23 bits per heavy atom. The molecule has 0 spiro atoms. The number of methoxy groups -OCH3 is 2. The second-order valence-electron chi connectivity index (χ2n) is 6.76. The van der Waals surface area contributed by atoms with Gasteiger partial charge in [0.1, 0.15) is 29.5 Å². The molecule has 10 nitrogen and oxygen atoms in total. The molecule has 0 bridgehead atoms. The van der Waals surface area contributed by atoms with Crippen molar-refractivity contribution in [3.63, 3.8) is 0 Å². The smallest absolute Gasteiger partial charge is 0.320 e.